The van der Waals surface area contributed by atoms with Gasteiger partial charge in [0.15, 0.2) is 0 Å². The Morgan fingerprint density at radius 2 is 2.16 bits per heavy atom. The lowest BCUT2D eigenvalue weighted by molar-refractivity contribution is -0.132. The standard InChI is InChI=1S/C21H35NO3/c1-6-20(23)22(15-18-8-7-12-24-18)11-9-19(16(2)3)17-10-13-25-21(4,5)14-17/h7-8,12,16-17,19H,6,9-11,13-15H2,1-5H3/t17-,19+/m1/s1. The van der Waals surface area contributed by atoms with E-state index in [2.05, 4.69) is 27.7 Å². The van der Waals surface area contributed by atoms with Gasteiger partial charge in [-0.05, 0) is 63.0 Å². The minimum absolute atomic E-state index is 0.0247. The smallest absolute Gasteiger partial charge is 0.222 e. The van der Waals surface area contributed by atoms with Crippen LogP contribution < -0.4 is 0 Å². The molecule has 0 spiro atoms. The van der Waals surface area contributed by atoms with Crippen molar-refractivity contribution in [2.45, 2.75) is 72.4 Å². The van der Waals surface area contributed by atoms with Gasteiger partial charge >= 0.3 is 0 Å². The van der Waals surface area contributed by atoms with E-state index in [0.717, 1.165) is 38.2 Å². The van der Waals surface area contributed by atoms with E-state index in [1.54, 1.807) is 6.26 Å². The van der Waals surface area contributed by atoms with Crippen LogP contribution in [-0.2, 0) is 16.1 Å². The zero-order valence-electron chi connectivity index (χ0n) is 16.6. The molecule has 0 radical (unpaired) electrons. The fourth-order valence-corrected chi connectivity index (χ4v) is 4.17. The summed E-state index contributed by atoms with van der Waals surface area (Å²) in [6, 6.07) is 3.82. The highest BCUT2D eigenvalue weighted by atomic mass is 16.5. The topological polar surface area (TPSA) is 42.7 Å². The summed E-state index contributed by atoms with van der Waals surface area (Å²) in [5.41, 5.74) is -0.0247. The summed E-state index contributed by atoms with van der Waals surface area (Å²) in [5, 5.41) is 0. The van der Waals surface area contributed by atoms with Crippen LogP contribution >= 0.6 is 0 Å². The number of ether oxygens (including phenoxy) is 1. The SMILES string of the molecule is CCC(=O)N(CC[C@@H](C(C)C)[C@@H]1CCOC(C)(C)C1)Cc1ccco1. The predicted octanol–water partition coefficient (Wildman–Crippen LogP) is 4.89. The molecule has 0 aromatic carbocycles. The Kier molecular flexibility index (Phi) is 7.12. The van der Waals surface area contributed by atoms with Crippen LogP contribution in [0.3, 0.4) is 0 Å². The number of furan rings is 1. The molecule has 1 aliphatic rings. The number of carbonyl (C=O) groups is 1. The largest absolute Gasteiger partial charge is 0.467 e. The summed E-state index contributed by atoms with van der Waals surface area (Å²) in [4.78, 5) is 14.3. The lowest BCUT2D eigenvalue weighted by Crippen LogP contribution is -2.39. The Bertz CT molecular complexity index is 521. The van der Waals surface area contributed by atoms with Gasteiger partial charge in [-0.1, -0.05) is 20.8 Å². The lowest BCUT2D eigenvalue weighted by atomic mass is 9.73. The van der Waals surface area contributed by atoms with Gasteiger partial charge in [0.2, 0.25) is 5.91 Å². The summed E-state index contributed by atoms with van der Waals surface area (Å²) in [7, 11) is 0. The van der Waals surface area contributed by atoms with E-state index in [0.29, 0.717) is 30.7 Å². The van der Waals surface area contributed by atoms with Crippen molar-refractivity contribution in [1.82, 2.24) is 4.90 Å². The Balaban J connectivity index is 2.00. The maximum absolute atomic E-state index is 12.4. The number of rotatable bonds is 8. The van der Waals surface area contributed by atoms with E-state index in [1.165, 1.54) is 0 Å². The summed E-state index contributed by atoms with van der Waals surface area (Å²) in [5.74, 6) is 2.96. The van der Waals surface area contributed by atoms with Crippen LogP contribution in [0.1, 0.15) is 66.1 Å². The quantitative estimate of drug-likeness (QED) is 0.671. The fourth-order valence-electron chi connectivity index (χ4n) is 4.17. The highest BCUT2D eigenvalue weighted by molar-refractivity contribution is 5.75. The fraction of sp³-hybridized carbons (Fsp3) is 0.762. The molecule has 2 atom stereocenters. The van der Waals surface area contributed by atoms with Crippen molar-refractivity contribution in [2.24, 2.45) is 17.8 Å². The van der Waals surface area contributed by atoms with Crippen molar-refractivity contribution in [3.8, 4) is 0 Å². The van der Waals surface area contributed by atoms with Gasteiger partial charge < -0.3 is 14.1 Å². The summed E-state index contributed by atoms with van der Waals surface area (Å²) in [6.07, 6.45) is 5.50. The first-order valence-electron chi connectivity index (χ1n) is 9.76. The van der Waals surface area contributed by atoms with Gasteiger partial charge in [0.25, 0.3) is 0 Å². The van der Waals surface area contributed by atoms with Crippen LogP contribution in [0.15, 0.2) is 22.8 Å². The van der Waals surface area contributed by atoms with Gasteiger partial charge in [-0.2, -0.15) is 0 Å². The van der Waals surface area contributed by atoms with Gasteiger partial charge in [0.1, 0.15) is 5.76 Å². The molecule has 0 saturated carbocycles. The Morgan fingerprint density at radius 3 is 2.72 bits per heavy atom. The van der Waals surface area contributed by atoms with E-state index in [1.807, 2.05) is 24.0 Å². The molecule has 1 aromatic rings. The van der Waals surface area contributed by atoms with Crippen molar-refractivity contribution < 1.29 is 13.9 Å². The van der Waals surface area contributed by atoms with Gasteiger partial charge in [-0.3, -0.25) is 4.79 Å². The molecule has 0 N–H and O–H groups in total. The Morgan fingerprint density at radius 1 is 1.40 bits per heavy atom. The maximum atomic E-state index is 12.4. The average Bonchev–Trinajstić information content (AvgIpc) is 3.05. The predicted molar refractivity (Wildman–Crippen MR) is 100 cm³/mol. The van der Waals surface area contributed by atoms with Gasteiger partial charge in [0.05, 0.1) is 18.4 Å². The molecule has 4 heteroatoms. The first kappa shape index (κ1) is 20.0. The number of nitrogens with zero attached hydrogens (tertiary/aromatic N) is 1. The first-order chi connectivity index (χ1) is 11.8. The molecule has 142 valence electrons. The van der Waals surface area contributed by atoms with Crippen LogP contribution in [0.5, 0.6) is 0 Å². The minimum atomic E-state index is -0.0247. The molecular weight excluding hydrogens is 314 g/mol. The lowest BCUT2D eigenvalue weighted by Gasteiger charge is -2.41. The van der Waals surface area contributed by atoms with Crippen molar-refractivity contribution >= 4 is 5.91 Å². The zero-order chi connectivity index (χ0) is 18.4. The molecule has 1 fully saturated rings. The van der Waals surface area contributed by atoms with E-state index >= 15 is 0 Å². The van der Waals surface area contributed by atoms with Gasteiger partial charge in [-0.15, -0.1) is 0 Å². The second kappa shape index (κ2) is 8.88. The van der Waals surface area contributed by atoms with E-state index in [-0.39, 0.29) is 11.5 Å². The minimum Gasteiger partial charge on any atom is -0.467 e. The summed E-state index contributed by atoms with van der Waals surface area (Å²) in [6.45, 7) is 13.2. The van der Waals surface area contributed by atoms with Crippen molar-refractivity contribution in [3.05, 3.63) is 24.2 Å². The molecular formula is C21H35NO3. The molecule has 0 aliphatic carbocycles. The third-order valence-corrected chi connectivity index (χ3v) is 5.51. The molecule has 1 aromatic heterocycles. The molecule has 25 heavy (non-hydrogen) atoms. The molecule has 2 rings (SSSR count). The van der Waals surface area contributed by atoms with Crippen LogP contribution in [0, 0.1) is 17.8 Å². The van der Waals surface area contributed by atoms with E-state index < -0.39 is 0 Å². The number of amides is 1. The van der Waals surface area contributed by atoms with Gasteiger partial charge in [0, 0.05) is 19.6 Å². The van der Waals surface area contributed by atoms with Crippen molar-refractivity contribution in [3.63, 3.8) is 0 Å². The van der Waals surface area contributed by atoms with Crippen molar-refractivity contribution in [1.29, 1.82) is 0 Å². The normalized spacial score (nSPS) is 21.3. The molecule has 1 saturated heterocycles. The third kappa shape index (κ3) is 5.88. The number of carbonyl (C=O) groups excluding carboxylic acids is 1. The van der Waals surface area contributed by atoms with Crippen LogP contribution in [0.25, 0.3) is 0 Å². The summed E-state index contributed by atoms with van der Waals surface area (Å²) < 4.78 is 11.3. The van der Waals surface area contributed by atoms with Crippen molar-refractivity contribution in [2.75, 3.05) is 13.2 Å². The molecule has 4 nitrogen and oxygen atoms in total. The van der Waals surface area contributed by atoms with Crippen LogP contribution in [0.4, 0.5) is 0 Å². The van der Waals surface area contributed by atoms with Crippen LogP contribution in [-0.4, -0.2) is 29.6 Å². The number of hydrogen-bond acceptors (Lipinski definition) is 3. The number of hydrogen-bond donors (Lipinski definition) is 0. The van der Waals surface area contributed by atoms with Gasteiger partial charge in [-0.25, -0.2) is 0 Å². The second-order valence-corrected chi connectivity index (χ2v) is 8.31. The Labute approximate surface area is 152 Å². The molecule has 0 unspecified atom stereocenters. The highest BCUT2D eigenvalue weighted by Crippen LogP contribution is 2.38. The maximum Gasteiger partial charge on any atom is 0.222 e. The molecule has 0 bridgehead atoms. The van der Waals surface area contributed by atoms with E-state index in [4.69, 9.17) is 9.15 Å². The monoisotopic (exact) mass is 349 g/mol. The highest BCUT2D eigenvalue weighted by Gasteiger charge is 2.34. The van der Waals surface area contributed by atoms with Crippen LogP contribution in [0.2, 0.25) is 0 Å². The second-order valence-electron chi connectivity index (χ2n) is 8.31. The van der Waals surface area contributed by atoms with E-state index in [9.17, 15) is 4.79 Å². The summed E-state index contributed by atoms with van der Waals surface area (Å²) >= 11 is 0. The first-order valence-corrected chi connectivity index (χ1v) is 9.76. The zero-order valence-corrected chi connectivity index (χ0v) is 16.6. The Hall–Kier alpha value is -1.29. The molecule has 2 heterocycles. The third-order valence-electron chi connectivity index (χ3n) is 5.51. The molecule has 1 aliphatic heterocycles. The average molecular weight is 350 g/mol. The molecule has 1 amide bonds.